The van der Waals surface area contributed by atoms with Crippen LogP contribution in [0.1, 0.15) is 30.5 Å². The molecule has 0 saturated carbocycles. The number of amidine groups is 1. The predicted molar refractivity (Wildman–Crippen MR) is 155 cm³/mol. The zero-order valence-electron chi connectivity index (χ0n) is 23.6. The summed E-state index contributed by atoms with van der Waals surface area (Å²) in [6.45, 7) is 10.4. The van der Waals surface area contributed by atoms with Gasteiger partial charge in [0.25, 0.3) is 0 Å². The summed E-state index contributed by atoms with van der Waals surface area (Å²) in [4.78, 5) is 38.9. The van der Waals surface area contributed by atoms with Crippen LogP contribution in [-0.2, 0) is 16.0 Å². The van der Waals surface area contributed by atoms with Gasteiger partial charge in [0.05, 0.1) is 16.8 Å². The number of pyridine rings is 1. The Hall–Kier alpha value is -4.60. The third-order valence-corrected chi connectivity index (χ3v) is 7.30. The molecular weight excluding hydrogens is 528 g/mol. The minimum absolute atomic E-state index is 0.0282. The van der Waals surface area contributed by atoms with E-state index in [9.17, 15) is 19.1 Å². The predicted octanol–water partition coefficient (Wildman–Crippen LogP) is 4.99. The fourth-order valence-corrected chi connectivity index (χ4v) is 5.31. The molecule has 2 heterocycles. The summed E-state index contributed by atoms with van der Waals surface area (Å²) in [7, 11) is 1.55. The van der Waals surface area contributed by atoms with Crippen LogP contribution in [0.4, 0.5) is 20.3 Å². The average molecular weight is 562 g/mol. The molecule has 2 aromatic carbocycles. The van der Waals surface area contributed by atoms with E-state index in [0.717, 1.165) is 17.2 Å². The van der Waals surface area contributed by atoms with Gasteiger partial charge in [-0.2, -0.15) is 0 Å². The number of piperazine rings is 1. The quantitative estimate of drug-likeness (QED) is 0.190. The van der Waals surface area contributed by atoms with Gasteiger partial charge in [-0.1, -0.05) is 37.8 Å². The number of rotatable bonds is 7. The Morgan fingerprint density at radius 3 is 2.56 bits per heavy atom. The third kappa shape index (κ3) is 5.54. The minimum Gasteiger partial charge on any atom is -0.507 e. The van der Waals surface area contributed by atoms with Crippen LogP contribution in [0.15, 0.2) is 60.1 Å². The Labute approximate surface area is 238 Å². The molecule has 3 aromatic rings. The van der Waals surface area contributed by atoms with E-state index in [0.29, 0.717) is 44.0 Å². The number of nitrogens with zero attached hydrogens (tertiary/aromatic N) is 5. The van der Waals surface area contributed by atoms with Crippen molar-refractivity contribution < 1.29 is 23.5 Å². The molecule has 8 nitrogen and oxygen atoms in total. The number of phenols is 1. The summed E-state index contributed by atoms with van der Waals surface area (Å²) >= 11 is 0. The average Bonchev–Trinajstić information content (AvgIpc) is 2.96. The molecule has 214 valence electrons. The van der Waals surface area contributed by atoms with E-state index in [1.165, 1.54) is 29.2 Å². The number of carbonyl (C=O) groups is 2. The van der Waals surface area contributed by atoms with E-state index in [4.69, 9.17) is 0 Å². The van der Waals surface area contributed by atoms with E-state index in [1.807, 2.05) is 43.9 Å². The van der Waals surface area contributed by atoms with Crippen molar-refractivity contribution in [1.29, 1.82) is 0 Å². The Kier molecular flexibility index (Phi) is 8.80. The molecule has 0 bridgehead atoms. The minimum atomic E-state index is -0.898. The summed E-state index contributed by atoms with van der Waals surface area (Å²) in [6.07, 6.45) is 2.46. The van der Waals surface area contributed by atoms with Crippen molar-refractivity contribution in [1.82, 2.24) is 14.8 Å². The van der Waals surface area contributed by atoms with Gasteiger partial charge >= 0.3 is 0 Å². The number of carbonyl (C=O) groups excluding carboxylic acids is 2. The van der Waals surface area contributed by atoms with Gasteiger partial charge in [-0.15, -0.1) is 0 Å². The second-order valence-electron chi connectivity index (χ2n) is 9.81. The molecule has 1 unspecified atom stereocenters. The van der Waals surface area contributed by atoms with Crippen LogP contribution in [-0.4, -0.2) is 70.8 Å². The first-order chi connectivity index (χ1) is 19.7. The summed E-state index contributed by atoms with van der Waals surface area (Å²) in [5.41, 5.74) is 1.55. The number of phenolic OH excluding ortho intramolecular Hbond substituents is 1. The molecule has 1 fully saturated rings. The molecular formula is C31H33F2N5O3. The number of halogens is 2. The van der Waals surface area contributed by atoms with Crippen molar-refractivity contribution in [2.45, 2.75) is 33.2 Å². The molecule has 1 aromatic heterocycles. The molecule has 1 N–H and O–H groups in total. The first-order valence-corrected chi connectivity index (χ1v) is 13.3. The van der Waals surface area contributed by atoms with Gasteiger partial charge in [0.2, 0.25) is 12.3 Å². The number of anilines is 2. The van der Waals surface area contributed by atoms with Crippen LogP contribution in [0.25, 0.3) is 11.3 Å². The summed E-state index contributed by atoms with van der Waals surface area (Å²) in [5, 5.41) is 10.5. The molecule has 0 radical (unpaired) electrons. The highest BCUT2D eigenvalue weighted by Crippen LogP contribution is 2.38. The van der Waals surface area contributed by atoms with E-state index in [1.54, 1.807) is 11.9 Å². The van der Waals surface area contributed by atoms with Crippen LogP contribution >= 0.6 is 0 Å². The van der Waals surface area contributed by atoms with Gasteiger partial charge in [0.15, 0.2) is 11.6 Å². The van der Waals surface area contributed by atoms with E-state index >= 15 is 4.39 Å². The van der Waals surface area contributed by atoms with Crippen LogP contribution < -0.4 is 4.90 Å². The van der Waals surface area contributed by atoms with Gasteiger partial charge in [0, 0.05) is 32.7 Å². The largest absolute Gasteiger partial charge is 0.507 e. The van der Waals surface area contributed by atoms with Gasteiger partial charge in [0.1, 0.15) is 23.1 Å². The lowest BCUT2D eigenvalue weighted by molar-refractivity contribution is -0.128. The van der Waals surface area contributed by atoms with E-state index in [-0.39, 0.29) is 23.3 Å². The van der Waals surface area contributed by atoms with E-state index in [2.05, 4.69) is 16.6 Å². The Bertz CT molecular complexity index is 1500. The molecule has 1 atom stereocenters. The zero-order chi connectivity index (χ0) is 29.8. The van der Waals surface area contributed by atoms with E-state index < -0.39 is 28.6 Å². The number of aryl methyl sites for hydroxylation is 2. The maximum absolute atomic E-state index is 15.9. The van der Waals surface area contributed by atoms with Crippen molar-refractivity contribution in [3.8, 4) is 17.0 Å². The summed E-state index contributed by atoms with van der Waals surface area (Å²) in [5.74, 6) is -2.05. The van der Waals surface area contributed by atoms with Gasteiger partial charge in [-0.05, 0) is 55.7 Å². The highest BCUT2D eigenvalue weighted by atomic mass is 19.1. The van der Waals surface area contributed by atoms with Crippen LogP contribution in [0.5, 0.6) is 5.75 Å². The Balaban J connectivity index is 1.96. The van der Waals surface area contributed by atoms with Crippen molar-refractivity contribution in [3.63, 3.8) is 0 Å². The number of hydrogen-bond acceptors (Lipinski definition) is 5. The van der Waals surface area contributed by atoms with Crippen LogP contribution in [0, 0.1) is 18.6 Å². The summed E-state index contributed by atoms with van der Waals surface area (Å²) in [6, 6.07) is 10.2. The monoisotopic (exact) mass is 561 g/mol. The van der Waals surface area contributed by atoms with Crippen molar-refractivity contribution in [3.05, 3.63) is 83.4 Å². The number of aromatic hydroxyl groups is 1. The zero-order valence-corrected chi connectivity index (χ0v) is 23.6. The lowest BCUT2D eigenvalue weighted by Crippen LogP contribution is -2.55. The number of benzene rings is 2. The van der Waals surface area contributed by atoms with Crippen molar-refractivity contribution >= 4 is 29.7 Å². The molecule has 10 heteroatoms. The highest BCUT2D eigenvalue weighted by Gasteiger charge is 2.33. The number of amides is 2. The number of para-hydroxylation sites is 1. The second-order valence-corrected chi connectivity index (χ2v) is 9.81. The Morgan fingerprint density at radius 1 is 1.22 bits per heavy atom. The molecule has 41 heavy (non-hydrogen) atoms. The second kappa shape index (κ2) is 12.3. The van der Waals surface area contributed by atoms with Gasteiger partial charge < -0.3 is 14.9 Å². The first kappa shape index (κ1) is 29.4. The fourth-order valence-electron chi connectivity index (χ4n) is 5.31. The lowest BCUT2D eigenvalue weighted by Gasteiger charge is -2.41. The molecule has 4 rings (SSSR count). The smallest absolute Gasteiger partial charge is 0.246 e. The normalized spacial score (nSPS) is 15.6. The third-order valence-electron chi connectivity index (χ3n) is 7.30. The molecule has 0 spiro atoms. The van der Waals surface area contributed by atoms with Gasteiger partial charge in [-0.25, -0.2) is 13.8 Å². The van der Waals surface area contributed by atoms with Crippen LogP contribution in [0.3, 0.4) is 0 Å². The molecule has 1 aliphatic rings. The van der Waals surface area contributed by atoms with Gasteiger partial charge in [-0.3, -0.25) is 19.5 Å². The van der Waals surface area contributed by atoms with Crippen molar-refractivity contribution in [2.75, 3.05) is 31.6 Å². The number of aromatic nitrogens is 1. The first-order valence-electron chi connectivity index (χ1n) is 13.3. The number of aliphatic imine (C=N–C) groups is 1. The molecule has 1 aliphatic heterocycles. The lowest BCUT2D eigenvalue weighted by atomic mass is 10.0. The topological polar surface area (TPSA) is 89.3 Å². The molecule has 2 amide bonds. The van der Waals surface area contributed by atoms with Crippen LogP contribution in [0.2, 0.25) is 0 Å². The molecule has 0 aliphatic carbocycles. The summed E-state index contributed by atoms with van der Waals surface area (Å²) < 4.78 is 30.8. The fraction of sp³-hybridized carbons (Fsp3) is 0.290. The van der Waals surface area contributed by atoms with Crippen molar-refractivity contribution in [2.24, 2.45) is 4.99 Å². The highest BCUT2D eigenvalue weighted by molar-refractivity contribution is 6.07. The Morgan fingerprint density at radius 2 is 1.95 bits per heavy atom. The SMILES string of the molecule is C=CC(=O)N1CCN(/C(=N/C)c2cc(F)c(-c3c(O)cccc3F)nc2N(C=O)c2c(C)cccc2CC)C(C)C1. The maximum Gasteiger partial charge on any atom is 0.246 e. The molecule has 1 saturated heterocycles. The standard InChI is InChI=1S/C31H33F2N5O3/c1-6-21-11-8-10-19(3)29(21)38(18-39)31-22(16-24(33)28(35-31)27-23(32)12-9-13-25(27)40)30(34-5)37-15-14-36(17-20(37)4)26(41)7-2/h7-13,16,18,20,40H,2,6,14-15,17H2,1,3-5H3/b34-30+. The number of hydrogen-bond donors (Lipinski definition) is 1. The maximum atomic E-state index is 15.9.